The highest BCUT2D eigenvalue weighted by Crippen LogP contribution is 2.17. The molecule has 1 rings (SSSR count). The second kappa shape index (κ2) is 7.24. The van der Waals surface area contributed by atoms with Crippen molar-refractivity contribution in [3.63, 3.8) is 0 Å². The summed E-state index contributed by atoms with van der Waals surface area (Å²) < 4.78 is 0. The fraction of sp³-hybridized carbons (Fsp3) is 1.00. The van der Waals surface area contributed by atoms with Crippen molar-refractivity contribution in [3.8, 4) is 0 Å². The summed E-state index contributed by atoms with van der Waals surface area (Å²) in [6.07, 6.45) is 9.50. The lowest BCUT2D eigenvalue weighted by Crippen LogP contribution is -2.14. The van der Waals surface area contributed by atoms with Crippen LogP contribution in [0.1, 0.15) is 51.9 Å². The predicted molar refractivity (Wildman–Crippen MR) is 62.3 cm³/mol. The molecule has 3 N–H and O–H groups in total. The molecule has 1 aliphatic rings. The van der Waals surface area contributed by atoms with Gasteiger partial charge in [-0.25, -0.2) is 0 Å². The predicted octanol–water partition coefficient (Wildman–Crippen LogP) is 2.28. The minimum atomic E-state index is 0.794. The molecule has 2 nitrogen and oxygen atoms in total. The second-order valence-electron chi connectivity index (χ2n) is 4.63. The molecule has 1 heterocycles. The largest absolute Gasteiger partial charge is 0.330 e. The molecule has 0 saturated carbocycles. The van der Waals surface area contributed by atoms with Crippen molar-refractivity contribution in [2.75, 3.05) is 13.1 Å². The molecule has 0 bridgehead atoms. The molecule has 0 spiro atoms. The molecule has 1 aliphatic heterocycles. The molecule has 0 aromatic carbocycles. The van der Waals surface area contributed by atoms with Gasteiger partial charge in [0.25, 0.3) is 0 Å². The Kier molecular flexibility index (Phi) is 6.20. The first-order valence-electron chi connectivity index (χ1n) is 6.30. The Morgan fingerprint density at radius 3 is 2.57 bits per heavy atom. The summed E-state index contributed by atoms with van der Waals surface area (Å²) in [5.74, 6) is 0.794. The van der Waals surface area contributed by atoms with Crippen LogP contribution >= 0.6 is 0 Å². The van der Waals surface area contributed by atoms with Crippen LogP contribution in [0.2, 0.25) is 0 Å². The average Bonchev–Trinajstić information content (AvgIpc) is 3.01. The fourth-order valence-electron chi connectivity index (χ4n) is 1.98. The number of nitrogens with two attached hydrogens (primary N) is 1. The molecule has 1 saturated heterocycles. The van der Waals surface area contributed by atoms with Crippen LogP contribution in [0.3, 0.4) is 0 Å². The third-order valence-corrected chi connectivity index (χ3v) is 3.21. The van der Waals surface area contributed by atoms with E-state index in [1.165, 1.54) is 51.5 Å². The van der Waals surface area contributed by atoms with E-state index in [-0.39, 0.29) is 0 Å². The minimum absolute atomic E-state index is 0.794. The van der Waals surface area contributed by atoms with E-state index in [4.69, 9.17) is 5.73 Å². The zero-order valence-corrected chi connectivity index (χ0v) is 9.60. The quantitative estimate of drug-likeness (QED) is 0.441. The Morgan fingerprint density at radius 1 is 1.29 bits per heavy atom. The maximum Gasteiger partial charge on any atom is 0.0193 e. The van der Waals surface area contributed by atoms with Gasteiger partial charge in [-0.05, 0) is 31.7 Å². The van der Waals surface area contributed by atoms with E-state index in [1.807, 2.05) is 0 Å². The van der Waals surface area contributed by atoms with Crippen LogP contribution in [-0.4, -0.2) is 19.1 Å². The first-order chi connectivity index (χ1) is 6.86. The lowest BCUT2D eigenvalue weighted by molar-refractivity contribution is 0.421. The lowest BCUT2D eigenvalue weighted by atomic mass is 9.95. The number of hydrogen-bond acceptors (Lipinski definition) is 2. The standard InChI is InChI=1S/C12H26N2/c1-2-3-6-11(9-13)7-4-5-8-12-10-14-12/h11-12,14H,2-10,13H2,1H3/t11?,12-/m0/s1. The molecule has 1 unspecified atom stereocenters. The SMILES string of the molecule is CCCCC(CN)CCCC[C@H]1CN1. The van der Waals surface area contributed by atoms with Gasteiger partial charge in [-0.1, -0.05) is 32.6 Å². The van der Waals surface area contributed by atoms with Crippen LogP contribution in [0.15, 0.2) is 0 Å². The summed E-state index contributed by atoms with van der Waals surface area (Å²) in [5.41, 5.74) is 5.76. The summed E-state index contributed by atoms with van der Waals surface area (Å²) in [6, 6.07) is 0.863. The Bertz CT molecular complexity index is 132. The van der Waals surface area contributed by atoms with Crippen LogP contribution < -0.4 is 11.1 Å². The first-order valence-corrected chi connectivity index (χ1v) is 6.30. The van der Waals surface area contributed by atoms with E-state index >= 15 is 0 Å². The third kappa shape index (κ3) is 5.61. The van der Waals surface area contributed by atoms with E-state index in [2.05, 4.69) is 12.2 Å². The van der Waals surface area contributed by atoms with Crippen molar-refractivity contribution >= 4 is 0 Å². The zero-order chi connectivity index (χ0) is 10.2. The van der Waals surface area contributed by atoms with Crippen molar-refractivity contribution < 1.29 is 0 Å². The van der Waals surface area contributed by atoms with E-state index in [9.17, 15) is 0 Å². The van der Waals surface area contributed by atoms with Gasteiger partial charge in [0, 0.05) is 12.6 Å². The van der Waals surface area contributed by atoms with Crippen LogP contribution in [0.4, 0.5) is 0 Å². The summed E-state index contributed by atoms with van der Waals surface area (Å²) in [5, 5.41) is 3.35. The molecular formula is C12H26N2. The highest BCUT2D eigenvalue weighted by molar-refractivity contribution is 4.82. The zero-order valence-electron chi connectivity index (χ0n) is 9.60. The van der Waals surface area contributed by atoms with Crippen molar-refractivity contribution in [3.05, 3.63) is 0 Å². The molecule has 0 radical (unpaired) electrons. The van der Waals surface area contributed by atoms with E-state index in [0.29, 0.717) is 0 Å². The number of unbranched alkanes of at least 4 members (excludes halogenated alkanes) is 2. The van der Waals surface area contributed by atoms with Gasteiger partial charge >= 0.3 is 0 Å². The number of nitrogens with one attached hydrogen (secondary N) is 1. The summed E-state index contributed by atoms with van der Waals surface area (Å²) >= 11 is 0. The van der Waals surface area contributed by atoms with E-state index in [0.717, 1.165) is 18.5 Å². The van der Waals surface area contributed by atoms with Gasteiger partial charge in [-0.2, -0.15) is 0 Å². The van der Waals surface area contributed by atoms with Crippen LogP contribution in [-0.2, 0) is 0 Å². The summed E-state index contributed by atoms with van der Waals surface area (Å²) in [4.78, 5) is 0. The van der Waals surface area contributed by atoms with Crippen molar-refractivity contribution in [2.45, 2.75) is 57.9 Å². The van der Waals surface area contributed by atoms with Gasteiger partial charge in [0.2, 0.25) is 0 Å². The van der Waals surface area contributed by atoms with E-state index in [1.54, 1.807) is 0 Å². The van der Waals surface area contributed by atoms with Gasteiger partial charge in [0.05, 0.1) is 0 Å². The molecule has 14 heavy (non-hydrogen) atoms. The fourth-order valence-corrected chi connectivity index (χ4v) is 1.98. The molecule has 1 fully saturated rings. The number of hydrogen-bond donors (Lipinski definition) is 2. The van der Waals surface area contributed by atoms with E-state index < -0.39 is 0 Å². The smallest absolute Gasteiger partial charge is 0.0193 e. The van der Waals surface area contributed by atoms with Crippen molar-refractivity contribution in [1.82, 2.24) is 5.32 Å². The lowest BCUT2D eigenvalue weighted by Gasteiger charge is -2.13. The Hall–Kier alpha value is -0.0800. The highest BCUT2D eigenvalue weighted by Gasteiger charge is 2.18. The van der Waals surface area contributed by atoms with Gasteiger partial charge in [0.1, 0.15) is 0 Å². The van der Waals surface area contributed by atoms with Crippen molar-refractivity contribution in [2.24, 2.45) is 11.7 Å². The van der Waals surface area contributed by atoms with Crippen LogP contribution in [0.25, 0.3) is 0 Å². The molecule has 0 aliphatic carbocycles. The average molecular weight is 198 g/mol. The normalized spacial score (nSPS) is 22.3. The highest BCUT2D eigenvalue weighted by atomic mass is 15.1. The Balaban J connectivity index is 1.89. The summed E-state index contributed by atoms with van der Waals surface area (Å²) in [6.45, 7) is 4.41. The molecule has 84 valence electrons. The van der Waals surface area contributed by atoms with Gasteiger partial charge < -0.3 is 11.1 Å². The van der Waals surface area contributed by atoms with Crippen LogP contribution in [0.5, 0.6) is 0 Å². The third-order valence-electron chi connectivity index (χ3n) is 3.21. The van der Waals surface area contributed by atoms with Crippen LogP contribution in [0, 0.1) is 5.92 Å². The molecular weight excluding hydrogens is 172 g/mol. The monoisotopic (exact) mass is 198 g/mol. The minimum Gasteiger partial charge on any atom is -0.330 e. The molecule has 2 atom stereocenters. The first kappa shape index (κ1) is 12.0. The Morgan fingerprint density at radius 2 is 2.00 bits per heavy atom. The molecule has 0 amide bonds. The summed E-state index contributed by atoms with van der Waals surface area (Å²) in [7, 11) is 0. The van der Waals surface area contributed by atoms with Crippen molar-refractivity contribution in [1.29, 1.82) is 0 Å². The maximum atomic E-state index is 5.76. The molecule has 0 aromatic rings. The maximum absolute atomic E-state index is 5.76. The van der Waals surface area contributed by atoms with Gasteiger partial charge in [-0.15, -0.1) is 0 Å². The Labute approximate surface area is 88.6 Å². The molecule has 0 aromatic heterocycles. The second-order valence-corrected chi connectivity index (χ2v) is 4.63. The molecule has 2 heteroatoms. The van der Waals surface area contributed by atoms with Gasteiger partial charge in [-0.3, -0.25) is 0 Å². The number of rotatable bonds is 9. The topological polar surface area (TPSA) is 48.0 Å². The van der Waals surface area contributed by atoms with Gasteiger partial charge in [0.15, 0.2) is 0 Å².